The fraction of sp³-hybridized carbons (Fsp3) is 0.481. The largest absolute Gasteiger partial charge is 0.465 e. The van der Waals surface area contributed by atoms with Crippen LogP contribution in [-0.2, 0) is 19.1 Å². The second kappa shape index (κ2) is 9.42. The summed E-state index contributed by atoms with van der Waals surface area (Å²) in [6.45, 7) is 7.92. The molecule has 1 saturated carbocycles. The van der Waals surface area contributed by atoms with Crippen molar-refractivity contribution in [3.05, 3.63) is 40.5 Å². The molecule has 1 aliphatic carbocycles. The highest BCUT2D eigenvalue weighted by Gasteiger charge is 2.64. The van der Waals surface area contributed by atoms with Crippen molar-refractivity contribution in [3.63, 3.8) is 0 Å². The van der Waals surface area contributed by atoms with Crippen LogP contribution in [0, 0.1) is 29.5 Å². The summed E-state index contributed by atoms with van der Waals surface area (Å²) in [7, 11) is 1.26. The van der Waals surface area contributed by atoms with Crippen molar-refractivity contribution in [1.29, 1.82) is 0 Å². The second-order valence-corrected chi connectivity index (χ2v) is 11.6. The molecule has 1 aromatic heterocycles. The molecule has 2 unspecified atom stereocenters. The molecule has 4 rings (SSSR count). The molecule has 3 amide bonds. The van der Waals surface area contributed by atoms with Crippen LogP contribution in [0.1, 0.15) is 61.7 Å². The lowest BCUT2D eigenvalue weighted by Gasteiger charge is -2.47. The van der Waals surface area contributed by atoms with Crippen LogP contribution in [0.5, 0.6) is 0 Å². The monoisotopic (exact) mass is 514 g/mol. The van der Waals surface area contributed by atoms with Crippen molar-refractivity contribution < 1.29 is 28.3 Å². The van der Waals surface area contributed by atoms with Crippen molar-refractivity contribution in [2.45, 2.75) is 53.4 Å². The van der Waals surface area contributed by atoms with E-state index in [1.807, 2.05) is 27.7 Å². The van der Waals surface area contributed by atoms with E-state index in [0.29, 0.717) is 35.4 Å². The van der Waals surface area contributed by atoms with Crippen LogP contribution in [0.4, 0.5) is 9.39 Å². The van der Waals surface area contributed by atoms with Crippen LogP contribution in [0.3, 0.4) is 0 Å². The highest BCUT2D eigenvalue weighted by atomic mass is 32.1. The number of thiophene rings is 1. The van der Waals surface area contributed by atoms with Crippen molar-refractivity contribution in [2.75, 3.05) is 19.0 Å². The van der Waals surface area contributed by atoms with E-state index in [1.54, 1.807) is 12.1 Å². The number of halogens is 1. The Bertz CT molecular complexity index is 1240. The molecule has 9 heteroatoms. The molecule has 7 nitrogen and oxygen atoms in total. The number of hydrogen-bond donors (Lipinski definition) is 1. The van der Waals surface area contributed by atoms with Crippen LogP contribution in [0.15, 0.2) is 24.3 Å². The van der Waals surface area contributed by atoms with Crippen LogP contribution < -0.4 is 5.32 Å². The zero-order valence-electron chi connectivity index (χ0n) is 21.2. The molecule has 1 aliphatic heterocycles. The number of fused-ring (bicyclic) bond motifs is 2. The van der Waals surface area contributed by atoms with Gasteiger partial charge < -0.3 is 10.1 Å². The van der Waals surface area contributed by atoms with Gasteiger partial charge in [0.1, 0.15) is 16.4 Å². The predicted molar refractivity (Wildman–Crippen MR) is 135 cm³/mol. The van der Waals surface area contributed by atoms with Gasteiger partial charge in [-0.15, -0.1) is 11.3 Å². The molecule has 0 radical (unpaired) electrons. The Hall–Kier alpha value is -3.07. The maximum atomic E-state index is 13.4. The predicted octanol–water partition coefficient (Wildman–Crippen LogP) is 5.18. The van der Waals surface area contributed by atoms with Crippen molar-refractivity contribution in [1.82, 2.24) is 4.90 Å². The van der Waals surface area contributed by atoms with Crippen LogP contribution in [0.2, 0.25) is 0 Å². The molecule has 36 heavy (non-hydrogen) atoms. The minimum Gasteiger partial charge on any atom is -0.465 e. The first-order valence-electron chi connectivity index (χ1n) is 12.1. The number of carbonyl (C=O) groups is 4. The second-order valence-electron chi connectivity index (χ2n) is 10.3. The summed E-state index contributed by atoms with van der Waals surface area (Å²) in [5.41, 5.74) is 0.484. The molecule has 1 N–H and O–H groups in total. The van der Waals surface area contributed by atoms with Gasteiger partial charge in [0.25, 0.3) is 0 Å². The molecular weight excluding hydrogens is 483 g/mol. The molecular formula is C27H31FN2O5S. The standard InChI is InChI=1S/C27H31FN2O5S/c1-15-20(16-8-10-17(28)11-9-16)21(24(33)35-5)22(36-15)29-19(31)7-6-14-30-23(32)18-12-13-27(4,25(30)34)26(18,2)3/h8-11,18H,6-7,12-14H2,1-5H3,(H,29,31). The Morgan fingerprint density at radius 3 is 2.50 bits per heavy atom. The topological polar surface area (TPSA) is 92.8 Å². The number of rotatable bonds is 7. The van der Waals surface area contributed by atoms with Gasteiger partial charge in [0.05, 0.1) is 12.5 Å². The van der Waals surface area contributed by atoms with Gasteiger partial charge in [-0.2, -0.15) is 0 Å². The average Bonchev–Trinajstić information content (AvgIpc) is 3.24. The van der Waals surface area contributed by atoms with Gasteiger partial charge >= 0.3 is 5.97 Å². The number of esters is 1. The van der Waals surface area contributed by atoms with Crippen LogP contribution >= 0.6 is 11.3 Å². The Morgan fingerprint density at radius 1 is 1.19 bits per heavy atom. The van der Waals surface area contributed by atoms with Gasteiger partial charge in [-0.05, 0) is 49.3 Å². The summed E-state index contributed by atoms with van der Waals surface area (Å²) >= 11 is 1.24. The number of methoxy groups -OCH3 is 1. The molecule has 0 spiro atoms. The van der Waals surface area contributed by atoms with E-state index in [1.165, 1.54) is 35.5 Å². The smallest absolute Gasteiger partial charge is 0.341 e. The van der Waals surface area contributed by atoms with E-state index in [4.69, 9.17) is 4.74 Å². The summed E-state index contributed by atoms with van der Waals surface area (Å²) in [6, 6.07) is 5.76. The van der Waals surface area contributed by atoms with Gasteiger partial charge in [-0.1, -0.05) is 32.9 Å². The van der Waals surface area contributed by atoms with Gasteiger partial charge in [0.15, 0.2) is 0 Å². The van der Waals surface area contributed by atoms with E-state index in [2.05, 4.69) is 5.32 Å². The zero-order chi connectivity index (χ0) is 26.4. The first-order valence-corrected chi connectivity index (χ1v) is 12.9. The number of aryl methyl sites for hydroxylation is 1. The molecule has 1 saturated heterocycles. The third-order valence-corrected chi connectivity index (χ3v) is 9.17. The average molecular weight is 515 g/mol. The van der Waals surface area contributed by atoms with Gasteiger partial charge in [0, 0.05) is 29.3 Å². The summed E-state index contributed by atoms with van der Waals surface area (Å²) in [4.78, 5) is 53.7. The van der Waals surface area contributed by atoms with Gasteiger partial charge in [-0.25, -0.2) is 9.18 Å². The number of carbonyl (C=O) groups excluding carboxylic acids is 4. The Labute approximate surface area is 214 Å². The number of imide groups is 1. The van der Waals surface area contributed by atoms with Crippen molar-refractivity contribution in [3.8, 4) is 11.1 Å². The lowest BCUT2D eigenvalue weighted by atomic mass is 9.62. The Balaban J connectivity index is 1.46. The maximum absolute atomic E-state index is 13.4. The number of anilines is 1. The van der Waals surface area contributed by atoms with E-state index < -0.39 is 17.2 Å². The fourth-order valence-corrected chi connectivity index (χ4v) is 6.67. The lowest BCUT2D eigenvalue weighted by molar-refractivity contribution is -0.168. The van der Waals surface area contributed by atoms with Crippen LogP contribution in [0.25, 0.3) is 11.1 Å². The van der Waals surface area contributed by atoms with E-state index >= 15 is 0 Å². The number of piperidine rings is 1. The van der Waals surface area contributed by atoms with E-state index in [9.17, 15) is 23.6 Å². The van der Waals surface area contributed by atoms with Crippen molar-refractivity contribution in [2.24, 2.45) is 16.7 Å². The summed E-state index contributed by atoms with van der Waals surface area (Å²) in [5.74, 6) is -1.82. The molecule has 2 aliphatic rings. The number of amides is 3. The fourth-order valence-electron chi connectivity index (χ4n) is 5.59. The van der Waals surface area contributed by atoms with E-state index in [0.717, 1.165) is 4.88 Å². The highest BCUT2D eigenvalue weighted by Crippen LogP contribution is 2.60. The minimum absolute atomic E-state index is 0.0747. The summed E-state index contributed by atoms with van der Waals surface area (Å²) in [6.07, 6.45) is 1.78. The molecule has 2 aromatic rings. The number of benzene rings is 1. The molecule has 2 fully saturated rings. The first kappa shape index (κ1) is 26.0. The number of nitrogens with one attached hydrogen (secondary N) is 1. The maximum Gasteiger partial charge on any atom is 0.341 e. The molecule has 1 aromatic carbocycles. The molecule has 2 heterocycles. The Kier molecular flexibility index (Phi) is 6.81. The minimum atomic E-state index is -0.607. The van der Waals surface area contributed by atoms with Gasteiger partial charge in [0.2, 0.25) is 17.7 Å². The summed E-state index contributed by atoms with van der Waals surface area (Å²) < 4.78 is 18.4. The SMILES string of the molecule is COC(=O)c1c(NC(=O)CCCN2C(=O)C3CCC(C)(C2=O)C3(C)C)sc(C)c1-c1ccc(F)cc1. The number of ether oxygens (including phenoxy) is 1. The molecule has 192 valence electrons. The zero-order valence-corrected chi connectivity index (χ0v) is 22.0. The highest BCUT2D eigenvalue weighted by molar-refractivity contribution is 7.17. The number of nitrogens with zero attached hydrogens (tertiary/aromatic N) is 1. The van der Waals surface area contributed by atoms with E-state index in [-0.39, 0.29) is 47.6 Å². The normalized spacial score (nSPS) is 22.6. The summed E-state index contributed by atoms with van der Waals surface area (Å²) in [5, 5.41) is 3.14. The number of hydrogen-bond acceptors (Lipinski definition) is 6. The van der Waals surface area contributed by atoms with Crippen molar-refractivity contribution >= 4 is 40.0 Å². The first-order chi connectivity index (χ1) is 16.9. The molecule has 2 atom stereocenters. The molecule has 2 bridgehead atoms. The van der Waals surface area contributed by atoms with Crippen LogP contribution in [-0.4, -0.2) is 42.2 Å². The lowest BCUT2D eigenvalue weighted by Crippen LogP contribution is -2.59. The third kappa shape index (κ3) is 4.13. The Morgan fingerprint density at radius 2 is 1.86 bits per heavy atom. The third-order valence-electron chi connectivity index (χ3n) is 8.15. The quantitative estimate of drug-likeness (QED) is 0.406. The number of likely N-dealkylation sites (tertiary alicyclic amines) is 1. The van der Waals surface area contributed by atoms with Gasteiger partial charge in [-0.3, -0.25) is 19.3 Å².